The van der Waals surface area contributed by atoms with E-state index >= 15 is 0 Å². The Morgan fingerprint density at radius 3 is 2.38 bits per heavy atom. The van der Waals surface area contributed by atoms with Crippen LogP contribution in [-0.4, -0.2) is 31.9 Å². The third kappa shape index (κ3) is 4.09. The predicted octanol–water partition coefficient (Wildman–Crippen LogP) is 4.50. The van der Waals surface area contributed by atoms with Crippen LogP contribution in [0.1, 0.15) is 13.3 Å². The first-order chi connectivity index (χ1) is 12.3. The first kappa shape index (κ1) is 18.1. The van der Waals surface area contributed by atoms with Crippen molar-refractivity contribution in [2.24, 2.45) is 10.2 Å². The Bertz CT molecular complexity index is 826. The van der Waals surface area contributed by atoms with Gasteiger partial charge in [-0.05, 0) is 25.1 Å². The number of azo groups is 1. The normalized spacial score (nSPS) is 21.1. The van der Waals surface area contributed by atoms with Crippen LogP contribution < -0.4 is 14.9 Å². The first-order valence-corrected chi connectivity index (χ1v) is 8.63. The summed E-state index contributed by atoms with van der Waals surface area (Å²) in [6.45, 7) is 1.92. The van der Waals surface area contributed by atoms with Crippen LogP contribution in [0.2, 0.25) is 0 Å². The molecule has 0 spiro atoms. The van der Waals surface area contributed by atoms with Crippen molar-refractivity contribution in [1.29, 1.82) is 0 Å². The molecule has 2 N–H and O–H groups in total. The number of rotatable bonds is 4. The summed E-state index contributed by atoms with van der Waals surface area (Å²) >= 11 is 0. The Balaban J connectivity index is 1.88. The van der Waals surface area contributed by atoms with Gasteiger partial charge in [0.05, 0.1) is 33.0 Å². The van der Waals surface area contributed by atoms with E-state index in [0.717, 1.165) is 17.1 Å². The van der Waals surface area contributed by atoms with Crippen LogP contribution in [0.15, 0.2) is 76.8 Å². The molecular weight excluding hydrogens is 326 g/mol. The molecule has 0 radical (unpaired) electrons. The van der Waals surface area contributed by atoms with Gasteiger partial charge in [-0.1, -0.05) is 30.3 Å². The number of quaternary nitrogens is 1. The summed E-state index contributed by atoms with van der Waals surface area (Å²) in [5.41, 5.74) is 5.42. The highest BCUT2D eigenvalue weighted by Crippen LogP contribution is 2.33. The zero-order chi connectivity index (χ0) is 18.8. The molecule has 3 rings (SSSR count). The van der Waals surface area contributed by atoms with Crippen LogP contribution in [0.3, 0.4) is 0 Å². The van der Waals surface area contributed by atoms with E-state index in [-0.39, 0.29) is 5.76 Å². The maximum absolute atomic E-state index is 10.2. The standard InChI is InChI=1S/C20H25N5O/c1-20(22-21-18-12-8-9-13-19(18)25(2,3)4)14-17(26)15-24(23-20)16-10-6-5-7-11-16/h5-13,15,23H,14H2,1-4H3/p+1/b22-21+. The quantitative estimate of drug-likeness (QED) is 0.629. The van der Waals surface area contributed by atoms with Gasteiger partial charge in [0.25, 0.3) is 0 Å². The molecule has 0 saturated carbocycles. The van der Waals surface area contributed by atoms with Crippen LogP contribution in [0.4, 0.5) is 17.1 Å². The molecule has 0 amide bonds. The Labute approximate surface area is 154 Å². The largest absolute Gasteiger partial charge is 0.511 e. The molecule has 1 aliphatic heterocycles. The van der Waals surface area contributed by atoms with E-state index in [1.807, 2.05) is 55.5 Å². The van der Waals surface area contributed by atoms with E-state index in [2.05, 4.69) is 42.9 Å². The van der Waals surface area contributed by atoms with E-state index in [0.29, 0.717) is 10.9 Å². The van der Waals surface area contributed by atoms with Crippen LogP contribution in [-0.2, 0) is 0 Å². The smallest absolute Gasteiger partial charge is 0.160 e. The number of benzene rings is 2. The number of anilines is 1. The van der Waals surface area contributed by atoms with Gasteiger partial charge in [0.2, 0.25) is 0 Å². The molecule has 6 heteroatoms. The fraction of sp³-hybridized carbons (Fsp3) is 0.300. The molecule has 26 heavy (non-hydrogen) atoms. The average molecular weight is 352 g/mol. The minimum absolute atomic E-state index is 0.258. The molecule has 1 atom stereocenters. The van der Waals surface area contributed by atoms with Crippen molar-refractivity contribution in [2.75, 3.05) is 26.2 Å². The maximum atomic E-state index is 10.2. The predicted molar refractivity (Wildman–Crippen MR) is 106 cm³/mol. The Morgan fingerprint density at radius 2 is 1.69 bits per heavy atom. The molecule has 0 saturated heterocycles. The van der Waals surface area contributed by atoms with E-state index in [1.165, 1.54) is 0 Å². The first-order valence-electron chi connectivity index (χ1n) is 8.63. The van der Waals surface area contributed by atoms with Crippen molar-refractivity contribution in [2.45, 2.75) is 19.0 Å². The molecule has 0 aliphatic carbocycles. The summed E-state index contributed by atoms with van der Waals surface area (Å²) < 4.78 is 0.653. The number of aliphatic hydroxyl groups excluding tert-OH is 1. The number of hydrogen-bond acceptors (Lipinski definition) is 5. The lowest BCUT2D eigenvalue weighted by atomic mass is 10.1. The summed E-state index contributed by atoms with van der Waals surface area (Å²) in [5, 5.41) is 21.1. The molecule has 1 aliphatic rings. The molecule has 2 aromatic rings. The van der Waals surface area contributed by atoms with Gasteiger partial charge >= 0.3 is 0 Å². The van der Waals surface area contributed by atoms with Gasteiger partial charge in [-0.15, -0.1) is 5.11 Å². The highest BCUT2D eigenvalue weighted by atomic mass is 16.3. The van der Waals surface area contributed by atoms with E-state index in [9.17, 15) is 5.11 Å². The van der Waals surface area contributed by atoms with Gasteiger partial charge in [0.1, 0.15) is 11.4 Å². The van der Waals surface area contributed by atoms with Crippen LogP contribution >= 0.6 is 0 Å². The Hall–Kier alpha value is -2.70. The van der Waals surface area contributed by atoms with E-state index < -0.39 is 5.66 Å². The number of nitrogens with zero attached hydrogens (tertiary/aromatic N) is 4. The van der Waals surface area contributed by atoms with Crippen molar-refractivity contribution in [3.63, 3.8) is 0 Å². The summed E-state index contributed by atoms with van der Waals surface area (Å²) in [7, 11) is 6.29. The third-order valence-corrected chi connectivity index (χ3v) is 4.18. The number of nitrogens with one attached hydrogen (secondary N) is 1. The van der Waals surface area contributed by atoms with Crippen molar-refractivity contribution >= 4 is 17.1 Å². The second-order valence-corrected chi connectivity index (χ2v) is 7.59. The summed E-state index contributed by atoms with van der Waals surface area (Å²) in [6.07, 6.45) is 2.04. The van der Waals surface area contributed by atoms with Crippen molar-refractivity contribution in [3.05, 3.63) is 66.6 Å². The number of aliphatic hydroxyl groups is 1. The van der Waals surface area contributed by atoms with Crippen molar-refractivity contribution in [1.82, 2.24) is 9.91 Å². The lowest BCUT2D eigenvalue weighted by Gasteiger charge is -2.36. The molecule has 0 aromatic heterocycles. The van der Waals surface area contributed by atoms with Crippen molar-refractivity contribution < 1.29 is 5.11 Å². The van der Waals surface area contributed by atoms with Gasteiger partial charge in [-0.3, -0.25) is 9.49 Å². The lowest BCUT2D eigenvalue weighted by Crippen LogP contribution is -2.52. The minimum atomic E-state index is -0.743. The summed E-state index contributed by atoms with van der Waals surface area (Å²) in [5.74, 6) is 0.258. The lowest BCUT2D eigenvalue weighted by molar-refractivity contribution is 0.264. The fourth-order valence-electron chi connectivity index (χ4n) is 2.94. The highest BCUT2D eigenvalue weighted by Gasteiger charge is 2.32. The van der Waals surface area contributed by atoms with Crippen LogP contribution in [0.5, 0.6) is 0 Å². The highest BCUT2D eigenvalue weighted by molar-refractivity contribution is 5.63. The molecule has 1 unspecified atom stereocenters. The van der Waals surface area contributed by atoms with Crippen LogP contribution in [0.25, 0.3) is 0 Å². The SMILES string of the molecule is CC1(/N=N/c2ccccc2[N+](C)(C)C)CC(O)=CN(c2ccccc2)N1. The molecule has 1 heterocycles. The van der Waals surface area contributed by atoms with Crippen LogP contribution in [0, 0.1) is 0 Å². The van der Waals surface area contributed by atoms with E-state index in [1.54, 1.807) is 11.2 Å². The second-order valence-electron chi connectivity index (χ2n) is 7.59. The van der Waals surface area contributed by atoms with Gasteiger partial charge in [-0.2, -0.15) is 5.11 Å². The van der Waals surface area contributed by atoms with E-state index in [4.69, 9.17) is 0 Å². The molecule has 6 nitrogen and oxygen atoms in total. The zero-order valence-electron chi connectivity index (χ0n) is 15.7. The monoisotopic (exact) mass is 352 g/mol. The topological polar surface area (TPSA) is 60.2 Å². The Kier molecular flexibility index (Phi) is 4.80. The van der Waals surface area contributed by atoms with Gasteiger partial charge in [0.15, 0.2) is 11.4 Å². The minimum Gasteiger partial charge on any atom is -0.511 e. The fourth-order valence-corrected chi connectivity index (χ4v) is 2.94. The molecule has 136 valence electrons. The number of hydrazine groups is 1. The average Bonchev–Trinajstić information content (AvgIpc) is 2.59. The molecule has 2 aromatic carbocycles. The summed E-state index contributed by atoms with van der Waals surface area (Å²) in [4.78, 5) is 0. The van der Waals surface area contributed by atoms with Gasteiger partial charge < -0.3 is 5.11 Å². The molecule has 0 bridgehead atoms. The summed E-state index contributed by atoms with van der Waals surface area (Å²) in [6, 6.07) is 17.8. The zero-order valence-corrected chi connectivity index (χ0v) is 15.7. The Morgan fingerprint density at radius 1 is 1.04 bits per heavy atom. The maximum Gasteiger partial charge on any atom is 0.160 e. The van der Waals surface area contributed by atoms with Crippen molar-refractivity contribution in [3.8, 4) is 0 Å². The second kappa shape index (κ2) is 6.90. The molecular formula is C20H26N5O+. The third-order valence-electron chi connectivity index (χ3n) is 4.18. The number of para-hydroxylation sites is 2. The van der Waals surface area contributed by atoms with Gasteiger partial charge in [0, 0.05) is 12.5 Å². The number of hydrogen-bond donors (Lipinski definition) is 2. The van der Waals surface area contributed by atoms with Gasteiger partial charge in [-0.25, -0.2) is 5.43 Å². The molecule has 0 fully saturated rings.